The minimum atomic E-state index is -1.03. The van der Waals surface area contributed by atoms with E-state index in [9.17, 15) is 23.5 Å². The number of hydrogen-bond donors (Lipinski definition) is 2. The summed E-state index contributed by atoms with van der Waals surface area (Å²) in [7, 11) is 0. The maximum atomic E-state index is 13.7. The Morgan fingerprint density at radius 2 is 1.97 bits per heavy atom. The van der Waals surface area contributed by atoms with E-state index in [0.717, 1.165) is 17.7 Å². The number of halogens is 2. The average Bonchev–Trinajstić information content (AvgIpc) is 3.04. The molecule has 2 N–H and O–H groups in total. The number of aromatic nitrogens is 1. The molecule has 2 amide bonds. The predicted octanol–water partition coefficient (Wildman–Crippen LogP) is 3.39. The van der Waals surface area contributed by atoms with Crippen molar-refractivity contribution in [1.82, 2.24) is 15.2 Å². The van der Waals surface area contributed by atoms with Gasteiger partial charge in [0.25, 0.3) is 5.91 Å². The Labute approximate surface area is 177 Å². The van der Waals surface area contributed by atoms with Crippen molar-refractivity contribution < 1.29 is 23.5 Å². The Balaban J connectivity index is 1.67. The van der Waals surface area contributed by atoms with Crippen LogP contribution in [0.2, 0.25) is 0 Å². The summed E-state index contributed by atoms with van der Waals surface area (Å²) in [6.45, 7) is 1.70. The number of pyridine rings is 1. The lowest BCUT2D eigenvalue weighted by molar-refractivity contribution is -0.125. The van der Waals surface area contributed by atoms with Crippen molar-refractivity contribution in [3.05, 3.63) is 94.3 Å². The number of phenolic OH excluding ortho intramolecular Hbond substituents is 1. The third-order valence-electron chi connectivity index (χ3n) is 5.32. The van der Waals surface area contributed by atoms with Gasteiger partial charge in [-0.25, -0.2) is 8.78 Å². The molecule has 0 spiro atoms. The molecule has 6 nitrogen and oxygen atoms in total. The van der Waals surface area contributed by atoms with Crippen LogP contribution in [-0.2, 0) is 17.9 Å². The molecule has 0 saturated carbocycles. The van der Waals surface area contributed by atoms with Crippen LogP contribution in [0.1, 0.15) is 38.7 Å². The second kappa shape index (κ2) is 8.14. The van der Waals surface area contributed by atoms with Crippen LogP contribution in [0.15, 0.2) is 54.9 Å². The van der Waals surface area contributed by atoms with Gasteiger partial charge in [-0.2, -0.15) is 0 Å². The van der Waals surface area contributed by atoms with Crippen LogP contribution in [0.25, 0.3) is 0 Å². The molecule has 1 atom stereocenters. The van der Waals surface area contributed by atoms with Crippen LogP contribution in [0.5, 0.6) is 5.75 Å². The molecule has 1 unspecified atom stereocenters. The van der Waals surface area contributed by atoms with E-state index in [1.165, 1.54) is 23.1 Å². The maximum Gasteiger partial charge on any atom is 0.255 e. The number of carbonyl (C=O) groups is 2. The predicted molar refractivity (Wildman–Crippen MR) is 108 cm³/mol. The lowest BCUT2D eigenvalue weighted by Gasteiger charge is -2.25. The van der Waals surface area contributed by atoms with E-state index in [2.05, 4.69) is 10.3 Å². The first kappa shape index (κ1) is 20.5. The molecule has 8 heteroatoms. The number of nitrogens with one attached hydrogen (secondary N) is 1. The van der Waals surface area contributed by atoms with E-state index in [1.807, 2.05) is 6.07 Å². The number of aromatic hydroxyl groups is 1. The molecule has 0 aliphatic carbocycles. The fourth-order valence-electron chi connectivity index (χ4n) is 3.73. The van der Waals surface area contributed by atoms with Crippen LogP contribution in [0.4, 0.5) is 8.78 Å². The molecule has 0 bridgehead atoms. The molecular weight excluding hydrogens is 404 g/mol. The summed E-state index contributed by atoms with van der Waals surface area (Å²) in [6.07, 6.45) is 3.24. The first-order chi connectivity index (χ1) is 14.9. The van der Waals surface area contributed by atoms with Crippen molar-refractivity contribution in [1.29, 1.82) is 0 Å². The number of benzene rings is 2. The molecule has 31 heavy (non-hydrogen) atoms. The molecule has 1 aliphatic rings. The zero-order chi connectivity index (χ0) is 22.1. The molecule has 2 aromatic carbocycles. The zero-order valence-electron chi connectivity index (χ0n) is 16.6. The summed E-state index contributed by atoms with van der Waals surface area (Å²) < 4.78 is 27.0. The van der Waals surface area contributed by atoms with Gasteiger partial charge in [0.15, 0.2) is 11.6 Å². The van der Waals surface area contributed by atoms with E-state index >= 15 is 0 Å². The Morgan fingerprint density at radius 1 is 1.16 bits per heavy atom. The standard InChI is InChI=1S/C23H19F2N3O3/c1-13-19(29)7-5-16-20(13)23(31)28(12-14-4-6-17(24)18(25)9-14)21(16)22(30)27-11-15-3-2-8-26-10-15/h2-10,21,29H,11-12H2,1H3,(H,27,30). The third-order valence-corrected chi connectivity index (χ3v) is 5.32. The summed E-state index contributed by atoms with van der Waals surface area (Å²) in [4.78, 5) is 31.6. The highest BCUT2D eigenvalue weighted by molar-refractivity contribution is 6.06. The lowest BCUT2D eigenvalue weighted by atomic mass is 9.99. The highest BCUT2D eigenvalue weighted by Crippen LogP contribution is 2.39. The van der Waals surface area contributed by atoms with Crippen LogP contribution in [0.3, 0.4) is 0 Å². The third kappa shape index (κ3) is 3.84. The number of carbonyl (C=O) groups excluding carboxylic acids is 2. The number of phenols is 1. The molecule has 1 aliphatic heterocycles. The quantitative estimate of drug-likeness (QED) is 0.659. The SMILES string of the molecule is Cc1c(O)ccc2c1C(=O)N(Cc1ccc(F)c(F)c1)C2C(=O)NCc1cccnc1. The van der Waals surface area contributed by atoms with Crippen molar-refractivity contribution in [2.45, 2.75) is 26.1 Å². The number of nitrogens with zero attached hydrogens (tertiary/aromatic N) is 2. The summed E-state index contributed by atoms with van der Waals surface area (Å²) >= 11 is 0. The smallest absolute Gasteiger partial charge is 0.255 e. The summed E-state index contributed by atoms with van der Waals surface area (Å²) in [5.74, 6) is -2.98. The van der Waals surface area contributed by atoms with Gasteiger partial charge in [0.05, 0.1) is 5.56 Å². The van der Waals surface area contributed by atoms with Crippen LogP contribution in [-0.4, -0.2) is 26.8 Å². The molecule has 2 heterocycles. The second-order valence-corrected chi connectivity index (χ2v) is 7.34. The van der Waals surface area contributed by atoms with Gasteiger partial charge < -0.3 is 15.3 Å². The van der Waals surface area contributed by atoms with Gasteiger partial charge in [-0.3, -0.25) is 14.6 Å². The maximum absolute atomic E-state index is 13.7. The van der Waals surface area contributed by atoms with Crippen molar-refractivity contribution >= 4 is 11.8 Å². The molecule has 0 fully saturated rings. The van der Waals surface area contributed by atoms with Gasteiger partial charge in [-0.15, -0.1) is 0 Å². The second-order valence-electron chi connectivity index (χ2n) is 7.34. The topological polar surface area (TPSA) is 82.5 Å². The van der Waals surface area contributed by atoms with E-state index in [1.54, 1.807) is 25.4 Å². The normalized spacial score (nSPS) is 15.1. The van der Waals surface area contributed by atoms with Gasteiger partial charge in [0.1, 0.15) is 11.8 Å². The molecule has 0 radical (unpaired) electrons. The van der Waals surface area contributed by atoms with Crippen molar-refractivity contribution in [2.75, 3.05) is 0 Å². The average molecular weight is 423 g/mol. The summed E-state index contributed by atoms with van der Waals surface area (Å²) in [5.41, 5.74) is 2.18. The van der Waals surface area contributed by atoms with Crippen molar-refractivity contribution in [2.24, 2.45) is 0 Å². The van der Waals surface area contributed by atoms with Gasteiger partial charge >= 0.3 is 0 Å². The first-order valence-corrected chi connectivity index (χ1v) is 9.60. The van der Waals surface area contributed by atoms with E-state index in [0.29, 0.717) is 16.7 Å². The molecule has 0 saturated heterocycles. The Morgan fingerprint density at radius 3 is 2.68 bits per heavy atom. The number of hydrogen-bond acceptors (Lipinski definition) is 4. The minimum absolute atomic E-state index is 0.0590. The van der Waals surface area contributed by atoms with Gasteiger partial charge in [0, 0.05) is 31.0 Å². The van der Waals surface area contributed by atoms with E-state index in [4.69, 9.17) is 0 Å². The highest BCUT2D eigenvalue weighted by atomic mass is 19.2. The zero-order valence-corrected chi connectivity index (χ0v) is 16.6. The summed E-state index contributed by atoms with van der Waals surface area (Å²) in [6, 6.07) is 8.89. The van der Waals surface area contributed by atoms with E-state index in [-0.39, 0.29) is 24.4 Å². The minimum Gasteiger partial charge on any atom is -0.508 e. The number of amides is 2. The first-order valence-electron chi connectivity index (χ1n) is 9.60. The largest absolute Gasteiger partial charge is 0.508 e. The summed E-state index contributed by atoms with van der Waals surface area (Å²) in [5, 5.41) is 12.9. The van der Waals surface area contributed by atoms with Crippen molar-refractivity contribution in [3.8, 4) is 5.75 Å². The van der Waals surface area contributed by atoms with Gasteiger partial charge in [-0.05, 0) is 47.9 Å². The van der Waals surface area contributed by atoms with Gasteiger partial charge in [-0.1, -0.05) is 18.2 Å². The van der Waals surface area contributed by atoms with Crippen LogP contribution >= 0.6 is 0 Å². The van der Waals surface area contributed by atoms with Crippen LogP contribution < -0.4 is 5.32 Å². The fourth-order valence-corrected chi connectivity index (χ4v) is 3.73. The molecule has 3 aromatic rings. The molecule has 158 valence electrons. The Hall–Kier alpha value is -3.81. The molecule has 4 rings (SSSR count). The van der Waals surface area contributed by atoms with Crippen LogP contribution in [0, 0.1) is 18.6 Å². The molecular formula is C23H19F2N3O3. The van der Waals surface area contributed by atoms with Gasteiger partial charge in [0.2, 0.25) is 5.91 Å². The monoisotopic (exact) mass is 423 g/mol. The number of rotatable bonds is 5. The highest BCUT2D eigenvalue weighted by Gasteiger charge is 2.42. The number of fused-ring (bicyclic) bond motifs is 1. The Kier molecular flexibility index (Phi) is 5.37. The molecule has 1 aromatic heterocycles. The lowest BCUT2D eigenvalue weighted by Crippen LogP contribution is -2.38. The van der Waals surface area contributed by atoms with E-state index < -0.39 is 29.5 Å². The Bertz CT molecular complexity index is 1170. The van der Waals surface area contributed by atoms with Crippen molar-refractivity contribution in [3.63, 3.8) is 0 Å². The fraction of sp³-hybridized carbons (Fsp3) is 0.174.